The van der Waals surface area contributed by atoms with Gasteiger partial charge in [-0.2, -0.15) is 0 Å². The predicted octanol–water partition coefficient (Wildman–Crippen LogP) is 16.4. The van der Waals surface area contributed by atoms with Gasteiger partial charge in [-0.25, -0.2) is 0 Å². The fourth-order valence-corrected chi connectivity index (χ4v) is 8.83. The van der Waals surface area contributed by atoms with Crippen molar-refractivity contribution in [3.05, 3.63) is 253 Å². The van der Waals surface area contributed by atoms with E-state index in [2.05, 4.69) is 266 Å². The Morgan fingerprint density at radius 2 is 0.623 bits per heavy atom. The molecule has 0 saturated heterocycles. The third-order valence-corrected chi connectivity index (χ3v) is 12.1. The van der Waals surface area contributed by atoms with Crippen LogP contribution in [-0.4, -0.2) is 0 Å². The molecule has 0 N–H and O–H groups in total. The normalized spacial score (nSPS) is 12.5. The van der Waals surface area contributed by atoms with E-state index in [0.717, 1.165) is 39.7 Å². The van der Waals surface area contributed by atoms with Crippen LogP contribution < -0.4 is 9.80 Å². The van der Waals surface area contributed by atoms with Crippen LogP contribution in [0.3, 0.4) is 0 Å². The minimum atomic E-state index is -0.190. The van der Waals surface area contributed by atoms with E-state index >= 15 is 0 Å². The van der Waals surface area contributed by atoms with Gasteiger partial charge in [-0.05, 0) is 128 Å². The first kappa shape index (κ1) is 37.6. The van der Waals surface area contributed by atoms with Crippen molar-refractivity contribution in [3.8, 4) is 33.4 Å². The minimum Gasteiger partial charge on any atom is -0.311 e. The molecule has 0 aromatic heterocycles. The molecule has 0 bridgehead atoms. The van der Waals surface area contributed by atoms with E-state index in [-0.39, 0.29) is 5.41 Å². The van der Waals surface area contributed by atoms with Crippen LogP contribution in [0.1, 0.15) is 36.1 Å². The van der Waals surface area contributed by atoms with Crippen molar-refractivity contribution >= 4 is 46.3 Å². The van der Waals surface area contributed by atoms with Gasteiger partial charge >= 0.3 is 0 Å². The Bertz CT molecular complexity index is 2810. The van der Waals surface area contributed by atoms with Gasteiger partial charge in [0.15, 0.2) is 0 Å². The molecule has 9 aromatic carbocycles. The molecular formula is C59H46N2. The number of hydrogen-bond acceptors (Lipinski definition) is 2. The molecule has 1 aliphatic rings. The number of para-hydroxylation sites is 2. The monoisotopic (exact) mass is 782 g/mol. The molecule has 0 unspecified atom stereocenters. The van der Waals surface area contributed by atoms with E-state index in [4.69, 9.17) is 0 Å². The summed E-state index contributed by atoms with van der Waals surface area (Å²) in [6.07, 6.45) is 4.46. The molecule has 2 heteroatoms. The van der Waals surface area contributed by atoms with E-state index in [1.807, 2.05) is 0 Å². The molecule has 61 heavy (non-hydrogen) atoms. The molecular weight excluding hydrogens is 737 g/mol. The van der Waals surface area contributed by atoms with Gasteiger partial charge in [0.2, 0.25) is 0 Å². The van der Waals surface area contributed by atoms with Crippen molar-refractivity contribution in [2.24, 2.45) is 0 Å². The lowest BCUT2D eigenvalue weighted by atomic mass is 9.81. The lowest BCUT2D eigenvalue weighted by Crippen LogP contribution is -2.16. The molecule has 9 aromatic rings. The second-order valence-corrected chi connectivity index (χ2v) is 16.3. The average molecular weight is 783 g/mol. The molecule has 0 heterocycles. The highest BCUT2D eigenvalue weighted by atomic mass is 15.1. The Morgan fingerprint density at radius 1 is 0.295 bits per heavy atom. The summed E-state index contributed by atoms with van der Waals surface area (Å²) < 4.78 is 0. The van der Waals surface area contributed by atoms with Gasteiger partial charge in [0.05, 0.1) is 0 Å². The number of hydrogen-bond donors (Lipinski definition) is 0. The zero-order valence-corrected chi connectivity index (χ0v) is 34.5. The molecule has 2 nitrogen and oxygen atoms in total. The topological polar surface area (TPSA) is 6.48 Å². The predicted molar refractivity (Wildman–Crippen MR) is 260 cm³/mol. The zero-order chi connectivity index (χ0) is 41.2. The third-order valence-electron chi connectivity index (χ3n) is 12.1. The summed E-state index contributed by atoms with van der Waals surface area (Å²) in [5.41, 5.74) is 19.1. The first-order valence-corrected chi connectivity index (χ1v) is 21.1. The van der Waals surface area contributed by atoms with Crippen LogP contribution in [0.25, 0.3) is 45.5 Å². The van der Waals surface area contributed by atoms with Crippen LogP contribution in [0.2, 0.25) is 0 Å². The average Bonchev–Trinajstić information content (AvgIpc) is 3.55. The summed E-state index contributed by atoms with van der Waals surface area (Å²) in [6, 6.07) is 83.0. The molecule has 10 rings (SSSR count). The Labute approximate surface area is 360 Å². The molecule has 0 spiro atoms. The van der Waals surface area contributed by atoms with Crippen molar-refractivity contribution in [2.45, 2.75) is 19.3 Å². The highest BCUT2D eigenvalue weighted by Gasteiger charge is 2.36. The molecule has 0 radical (unpaired) electrons. The van der Waals surface area contributed by atoms with Crippen molar-refractivity contribution in [2.75, 3.05) is 9.80 Å². The summed E-state index contributed by atoms with van der Waals surface area (Å²) in [5, 5.41) is 0. The van der Waals surface area contributed by atoms with Crippen molar-refractivity contribution in [1.29, 1.82) is 0 Å². The Morgan fingerprint density at radius 3 is 1.11 bits per heavy atom. The van der Waals surface area contributed by atoms with Gasteiger partial charge in [0.1, 0.15) is 0 Å². The number of nitrogens with zero attached hydrogens (tertiary/aromatic N) is 2. The fourth-order valence-electron chi connectivity index (χ4n) is 8.83. The van der Waals surface area contributed by atoms with Crippen molar-refractivity contribution in [1.82, 2.24) is 0 Å². The number of rotatable bonds is 10. The number of benzene rings is 9. The van der Waals surface area contributed by atoms with Crippen LogP contribution in [-0.2, 0) is 5.41 Å². The maximum atomic E-state index is 2.41. The van der Waals surface area contributed by atoms with E-state index in [0.29, 0.717) is 0 Å². The Balaban J connectivity index is 0.947. The second-order valence-electron chi connectivity index (χ2n) is 16.3. The molecule has 1 aliphatic carbocycles. The quantitative estimate of drug-likeness (QED) is 0.128. The molecule has 0 amide bonds. The van der Waals surface area contributed by atoms with Crippen molar-refractivity contribution < 1.29 is 0 Å². The zero-order valence-electron chi connectivity index (χ0n) is 34.5. The van der Waals surface area contributed by atoms with Gasteiger partial charge in [0.25, 0.3) is 0 Å². The van der Waals surface area contributed by atoms with E-state index < -0.39 is 0 Å². The second kappa shape index (κ2) is 16.2. The Hall–Kier alpha value is -7.68. The molecule has 0 fully saturated rings. The van der Waals surface area contributed by atoms with Gasteiger partial charge in [0, 0.05) is 39.5 Å². The maximum absolute atomic E-state index is 2.41. The molecule has 292 valence electrons. The van der Waals surface area contributed by atoms with Crippen LogP contribution >= 0.6 is 0 Å². The minimum absolute atomic E-state index is 0.190. The summed E-state index contributed by atoms with van der Waals surface area (Å²) in [6.45, 7) is 4.74. The first-order chi connectivity index (χ1) is 30.0. The van der Waals surface area contributed by atoms with E-state index in [9.17, 15) is 0 Å². The van der Waals surface area contributed by atoms with Crippen LogP contribution in [0.4, 0.5) is 34.1 Å². The smallest absolute Gasteiger partial charge is 0.0465 e. The lowest BCUT2D eigenvalue weighted by Gasteiger charge is -2.28. The van der Waals surface area contributed by atoms with E-state index in [1.165, 1.54) is 50.1 Å². The fraction of sp³-hybridized carbons (Fsp3) is 0.0508. The largest absolute Gasteiger partial charge is 0.311 e. The summed E-state index contributed by atoms with van der Waals surface area (Å²) >= 11 is 0. The maximum Gasteiger partial charge on any atom is 0.0465 e. The molecule has 0 saturated carbocycles. The number of anilines is 6. The van der Waals surface area contributed by atoms with Gasteiger partial charge in [-0.1, -0.05) is 184 Å². The van der Waals surface area contributed by atoms with Gasteiger partial charge < -0.3 is 9.80 Å². The molecule has 0 aliphatic heterocycles. The van der Waals surface area contributed by atoms with Gasteiger partial charge in [-0.3, -0.25) is 0 Å². The van der Waals surface area contributed by atoms with Gasteiger partial charge in [-0.15, -0.1) is 0 Å². The Kier molecular flexibility index (Phi) is 9.96. The van der Waals surface area contributed by atoms with Crippen LogP contribution in [0, 0.1) is 0 Å². The lowest BCUT2D eigenvalue weighted by molar-refractivity contribution is 0.660. The summed E-state index contributed by atoms with van der Waals surface area (Å²) in [7, 11) is 0. The summed E-state index contributed by atoms with van der Waals surface area (Å²) in [5.74, 6) is 0. The standard InChI is InChI=1S/C59H46N2/c1-59(2)57-41-44(24-23-43-25-32-51(33-26-43)60(49-19-11-5-12-20-49)50-21-13-6-14-22-50)27-39-55(57)56-40-38-54(42-58(56)59)61(52-34-28-47(29-35-52)45-15-7-3-8-16-45)53-36-30-48(31-37-53)46-17-9-4-10-18-46/h3-42H,1-2H3/b24-23+. The molecule has 0 atom stereocenters. The third kappa shape index (κ3) is 7.45. The number of fused-ring (bicyclic) bond motifs is 3. The first-order valence-electron chi connectivity index (χ1n) is 21.1. The summed E-state index contributed by atoms with van der Waals surface area (Å²) in [4.78, 5) is 4.68. The van der Waals surface area contributed by atoms with Crippen molar-refractivity contribution in [3.63, 3.8) is 0 Å². The van der Waals surface area contributed by atoms with Crippen LogP contribution in [0.5, 0.6) is 0 Å². The SMILES string of the molecule is CC1(C)c2cc(/C=C/c3ccc(N(c4ccccc4)c4ccccc4)cc3)ccc2-c2ccc(N(c3ccc(-c4ccccc4)cc3)c3ccc(-c4ccccc4)cc3)cc21. The highest BCUT2D eigenvalue weighted by Crippen LogP contribution is 2.51. The van der Waals surface area contributed by atoms with E-state index in [1.54, 1.807) is 0 Å². The highest BCUT2D eigenvalue weighted by molar-refractivity contribution is 5.88. The van der Waals surface area contributed by atoms with Crippen LogP contribution in [0.15, 0.2) is 231 Å².